The van der Waals surface area contributed by atoms with Gasteiger partial charge in [-0.2, -0.15) is 4.31 Å². The Balaban J connectivity index is 2.74. The van der Waals surface area contributed by atoms with Gasteiger partial charge in [-0.25, -0.2) is 8.42 Å². The molecule has 0 aromatic heterocycles. The van der Waals surface area contributed by atoms with Crippen molar-refractivity contribution in [3.05, 3.63) is 0 Å². The zero-order valence-electron chi connectivity index (χ0n) is 10.1. The number of nitrogens with zero attached hydrogens (tertiary/aromatic N) is 1. The fourth-order valence-electron chi connectivity index (χ4n) is 1.49. The molecular formula is C10H21NO3S. The van der Waals surface area contributed by atoms with E-state index in [-0.39, 0.29) is 12.0 Å². The van der Waals surface area contributed by atoms with E-state index >= 15 is 0 Å². The van der Waals surface area contributed by atoms with Crippen molar-refractivity contribution in [2.75, 3.05) is 6.54 Å². The first-order valence-electron chi connectivity index (χ1n) is 5.28. The first-order chi connectivity index (χ1) is 6.59. The first-order valence-corrected chi connectivity index (χ1v) is 6.72. The van der Waals surface area contributed by atoms with Crippen LogP contribution in [-0.4, -0.2) is 41.3 Å². The molecule has 1 rings (SSSR count). The zero-order valence-corrected chi connectivity index (χ0v) is 10.9. The fourth-order valence-corrected chi connectivity index (χ4v) is 3.02. The Morgan fingerprint density at radius 2 is 1.80 bits per heavy atom. The van der Waals surface area contributed by atoms with Gasteiger partial charge in [0.05, 0.1) is 16.9 Å². The summed E-state index contributed by atoms with van der Waals surface area (Å²) in [6.45, 7) is 9.28. The van der Waals surface area contributed by atoms with Crippen molar-refractivity contribution in [3.8, 4) is 0 Å². The van der Waals surface area contributed by atoms with E-state index in [0.29, 0.717) is 6.54 Å². The van der Waals surface area contributed by atoms with Crippen LogP contribution in [0.15, 0.2) is 0 Å². The Morgan fingerprint density at radius 1 is 1.33 bits per heavy atom. The van der Waals surface area contributed by atoms with Gasteiger partial charge in [0, 0.05) is 6.54 Å². The van der Waals surface area contributed by atoms with E-state index in [1.165, 1.54) is 4.31 Å². The van der Waals surface area contributed by atoms with E-state index in [0.717, 1.165) is 0 Å². The zero-order chi connectivity index (χ0) is 12.0. The molecule has 2 unspecified atom stereocenters. The third-order valence-electron chi connectivity index (χ3n) is 2.76. The summed E-state index contributed by atoms with van der Waals surface area (Å²) in [5.41, 5.74) is 0. The summed E-state index contributed by atoms with van der Waals surface area (Å²) in [6.07, 6.45) is -0.554. The van der Waals surface area contributed by atoms with Crippen molar-refractivity contribution in [3.63, 3.8) is 0 Å². The van der Waals surface area contributed by atoms with Crippen molar-refractivity contribution >= 4 is 10.0 Å². The van der Waals surface area contributed by atoms with Crippen LogP contribution in [-0.2, 0) is 10.0 Å². The first kappa shape index (κ1) is 12.9. The summed E-state index contributed by atoms with van der Waals surface area (Å²) in [5.74, 6) is 0.0927. The van der Waals surface area contributed by atoms with Crippen molar-refractivity contribution in [1.29, 1.82) is 0 Å². The molecule has 15 heavy (non-hydrogen) atoms. The van der Waals surface area contributed by atoms with Crippen LogP contribution in [0.1, 0.15) is 34.6 Å². The molecule has 4 nitrogen and oxygen atoms in total. The highest BCUT2D eigenvalue weighted by molar-refractivity contribution is 7.90. The van der Waals surface area contributed by atoms with Crippen molar-refractivity contribution < 1.29 is 13.5 Å². The second kappa shape index (κ2) is 3.71. The number of hydrogen-bond acceptors (Lipinski definition) is 3. The molecule has 0 aromatic rings. The Bertz CT molecular complexity index is 329. The number of hydrogen-bond donors (Lipinski definition) is 1. The van der Waals surface area contributed by atoms with Crippen LogP contribution in [0.5, 0.6) is 0 Å². The quantitative estimate of drug-likeness (QED) is 0.737. The summed E-state index contributed by atoms with van der Waals surface area (Å²) in [4.78, 5) is 0. The Kier molecular flexibility index (Phi) is 3.20. The molecular weight excluding hydrogens is 214 g/mol. The van der Waals surface area contributed by atoms with E-state index in [4.69, 9.17) is 0 Å². The third-order valence-corrected chi connectivity index (χ3v) is 5.35. The fraction of sp³-hybridized carbons (Fsp3) is 1.00. The lowest BCUT2D eigenvalue weighted by Gasteiger charge is -2.22. The Hall–Kier alpha value is -0.130. The van der Waals surface area contributed by atoms with Gasteiger partial charge in [0.2, 0.25) is 10.0 Å². The third kappa shape index (κ3) is 2.34. The van der Waals surface area contributed by atoms with Gasteiger partial charge < -0.3 is 5.11 Å². The molecule has 1 heterocycles. The van der Waals surface area contributed by atoms with Gasteiger partial charge in [0.15, 0.2) is 0 Å². The lowest BCUT2D eigenvalue weighted by Crippen LogP contribution is -2.37. The molecule has 0 amide bonds. The second-order valence-corrected chi connectivity index (χ2v) is 8.13. The van der Waals surface area contributed by atoms with Gasteiger partial charge in [0.1, 0.15) is 0 Å². The van der Waals surface area contributed by atoms with Crippen LogP contribution in [0, 0.1) is 5.92 Å². The van der Waals surface area contributed by atoms with E-state index in [9.17, 15) is 13.5 Å². The summed E-state index contributed by atoms with van der Waals surface area (Å²) in [7, 11) is -3.26. The molecule has 0 aromatic carbocycles. The lowest BCUT2D eigenvalue weighted by molar-refractivity contribution is 0.117. The predicted molar refractivity (Wildman–Crippen MR) is 60.0 cm³/mol. The molecule has 90 valence electrons. The average molecular weight is 235 g/mol. The molecule has 1 fully saturated rings. The summed E-state index contributed by atoms with van der Waals surface area (Å²) >= 11 is 0. The van der Waals surface area contributed by atoms with Crippen molar-refractivity contribution in [1.82, 2.24) is 4.31 Å². The molecule has 5 heteroatoms. The molecule has 1 N–H and O–H groups in total. The largest absolute Gasteiger partial charge is 0.391 e. The van der Waals surface area contributed by atoms with Crippen LogP contribution in [0.2, 0.25) is 0 Å². The molecule has 3 atom stereocenters. The summed E-state index contributed by atoms with van der Waals surface area (Å²) in [6, 6.07) is -0.214. The van der Waals surface area contributed by atoms with Gasteiger partial charge in [-0.1, -0.05) is 13.8 Å². The number of sulfonamides is 1. The van der Waals surface area contributed by atoms with E-state index in [2.05, 4.69) is 0 Å². The maximum Gasteiger partial charge on any atom is 0.219 e. The van der Waals surface area contributed by atoms with Crippen LogP contribution in [0.25, 0.3) is 0 Å². The minimum absolute atomic E-state index is 0.0927. The normalized spacial score (nSPS) is 29.3. The van der Waals surface area contributed by atoms with Gasteiger partial charge >= 0.3 is 0 Å². The molecule has 0 saturated carbocycles. The minimum Gasteiger partial charge on any atom is -0.391 e. The smallest absolute Gasteiger partial charge is 0.219 e. The minimum atomic E-state index is -3.26. The highest BCUT2D eigenvalue weighted by atomic mass is 32.2. The SMILES string of the molecule is CC(C)C(O)[C@H]1CN1S(=O)(=O)C(C)(C)C. The summed E-state index contributed by atoms with van der Waals surface area (Å²) in [5, 5.41) is 9.76. The maximum absolute atomic E-state index is 12.0. The van der Waals surface area contributed by atoms with Crippen LogP contribution in [0.3, 0.4) is 0 Å². The van der Waals surface area contributed by atoms with Crippen LogP contribution >= 0.6 is 0 Å². The van der Waals surface area contributed by atoms with Crippen molar-refractivity contribution in [2.24, 2.45) is 5.92 Å². The molecule has 0 aliphatic carbocycles. The topological polar surface area (TPSA) is 57.4 Å². The lowest BCUT2D eigenvalue weighted by atomic mass is 10.1. The van der Waals surface area contributed by atoms with E-state index in [1.807, 2.05) is 13.8 Å². The van der Waals surface area contributed by atoms with Crippen LogP contribution in [0.4, 0.5) is 0 Å². The highest BCUT2D eigenvalue weighted by Gasteiger charge is 2.52. The van der Waals surface area contributed by atoms with Crippen LogP contribution < -0.4 is 0 Å². The van der Waals surface area contributed by atoms with Gasteiger partial charge in [-0.05, 0) is 26.7 Å². The van der Waals surface area contributed by atoms with Gasteiger partial charge in [-0.3, -0.25) is 0 Å². The standard InChI is InChI=1S/C10H21NO3S/c1-7(2)9(12)8-6-11(8)15(13,14)10(3,4)5/h7-9,12H,6H2,1-5H3/t8-,9?,11?/m1/s1. The molecule has 0 bridgehead atoms. The number of aliphatic hydroxyl groups excluding tert-OH is 1. The second-order valence-electron chi connectivity index (χ2n) is 5.49. The van der Waals surface area contributed by atoms with Crippen molar-refractivity contribution in [2.45, 2.75) is 51.5 Å². The monoisotopic (exact) mass is 235 g/mol. The molecule has 1 aliphatic heterocycles. The summed E-state index contributed by atoms with van der Waals surface area (Å²) < 4.78 is 24.6. The van der Waals surface area contributed by atoms with Gasteiger partial charge in [0.25, 0.3) is 0 Å². The van der Waals surface area contributed by atoms with E-state index in [1.54, 1.807) is 20.8 Å². The Morgan fingerprint density at radius 3 is 2.13 bits per heavy atom. The maximum atomic E-state index is 12.0. The average Bonchev–Trinajstić information content (AvgIpc) is 2.79. The van der Waals surface area contributed by atoms with Gasteiger partial charge in [-0.15, -0.1) is 0 Å². The Labute approximate surface area is 92.3 Å². The highest BCUT2D eigenvalue weighted by Crippen LogP contribution is 2.34. The molecule has 1 saturated heterocycles. The molecule has 0 spiro atoms. The number of rotatable bonds is 3. The number of aliphatic hydroxyl groups is 1. The van der Waals surface area contributed by atoms with E-state index < -0.39 is 20.9 Å². The molecule has 0 radical (unpaired) electrons. The predicted octanol–water partition coefficient (Wildman–Crippen LogP) is 0.816. The molecule has 1 aliphatic rings.